The van der Waals surface area contributed by atoms with E-state index in [0.29, 0.717) is 5.69 Å². The van der Waals surface area contributed by atoms with Gasteiger partial charge in [-0.05, 0) is 53.2 Å². The number of carbonyl (C=O) groups excluding carboxylic acids is 2. The van der Waals surface area contributed by atoms with E-state index in [2.05, 4.69) is 31.3 Å². The average molecular weight is 658 g/mol. The number of ether oxygens (including phenoxy) is 2. The van der Waals surface area contributed by atoms with Gasteiger partial charge in [-0.3, -0.25) is 9.48 Å². The third kappa shape index (κ3) is 6.87. The number of aromatic nitrogens is 3. The van der Waals surface area contributed by atoms with Gasteiger partial charge in [-0.1, -0.05) is 12.1 Å². The molecule has 2 heterocycles. The van der Waals surface area contributed by atoms with E-state index >= 15 is 0 Å². The molecule has 0 spiro atoms. The number of carbonyl (C=O) groups is 2. The molecule has 16 heteroatoms. The van der Waals surface area contributed by atoms with Crippen molar-refractivity contribution in [2.24, 2.45) is 12.8 Å². The normalized spacial score (nSPS) is 12.2. The van der Waals surface area contributed by atoms with Crippen molar-refractivity contribution in [3.63, 3.8) is 0 Å². The number of hydrogen-bond acceptors (Lipinski definition) is 7. The molecule has 0 saturated carbocycles. The molecule has 0 fully saturated rings. The quantitative estimate of drug-likeness (QED) is 0.224. The minimum atomic E-state index is -4.56. The Morgan fingerprint density at radius 1 is 1.17 bits per heavy atom. The largest absolute Gasteiger partial charge is 0.474 e. The fraction of sp³-hybridized carbons (Fsp3) is 0.231. The van der Waals surface area contributed by atoms with Crippen molar-refractivity contribution in [3.05, 3.63) is 87.2 Å². The summed E-state index contributed by atoms with van der Waals surface area (Å²) in [6.45, 7) is 1.20. The number of primary amides is 1. The number of amides is 2. The highest BCUT2D eigenvalue weighted by atomic mass is 79.9. The van der Waals surface area contributed by atoms with Gasteiger partial charge in [0.05, 0.1) is 23.5 Å². The van der Waals surface area contributed by atoms with Crippen molar-refractivity contribution in [2.45, 2.75) is 25.7 Å². The lowest BCUT2D eigenvalue weighted by atomic mass is 10.1. The molecule has 2 aromatic heterocycles. The summed E-state index contributed by atoms with van der Waals surface area (Å²) in [5.74, 6) is -4.98. The SMILES string of the molecule is Cc1cc(CNC(=O)OCC(Oc2ccc(F)c(C(N)=O)c2F)c2nc(-c3ccc(C(F)(F)F)cc3)c(Br)o2)n(C)n1. The maximum Gasteiger partial charge on any atom is 0.416 e. The summed E-state index contributed by atoms with van der Waals surface area (Å²) in [6, 6.07) is 7.39. The van der Waals surface area contributed by atoms with Gasteiger partial charge in [-0.15, -0.1) is 0 Å². The minimum Gasteiger partial charge on any atom is -0.474 e. The Hall–Kier alpha value is -4.47. The molecular weight excluding hydrogens is 637 g/mol. The summed E-state index contributed by atoms with van der Waals surface area (Å²) in [7, 11) is 1.69. The summed E-state index contributed by atoms with van der Waals surface area (Å²) >= 11 is 3.14. The smallest absolute Gasteiger partial charge is 0.416 e. The summed E-state index contributed by atoms with van der Waals surface area (Å²) in [4.78, 5) is 28.2. The topological polar surface area (TPSA) is 134 Å². The van der Waals surface area contributed by atoms with Gasteiger partial charge in [0, 0.05) is 12.6 Å². The van der Waals surface area contributed by atoms with Crippen molar-refractivity contribution < 1.29 is 45.4 Å². The van der Waals surface area contributed by atoms with Crippen LogP contribution in [0, 0.1) is 18.6 Å². The molecule has 10 nitrogen and oxygen atoms in total. The Morgan fingerprint density at radius 3 is 2.45 bits per heavy atom. The van der Waals surface area contributed by atoms with Gasteiger partial charge in [0.25, 0.3) is 5.91 Å². The lowest BCUT2D eigenvalue weighted by Crippen LogP contribution is -2.28. The Balaban J connectivity index is 1.60. The summed E-state index contributed by atoms with van der Waals surface area (Å²) in [6.07, 6.45) is -6.94. The Morgan fingerprint density at radius 2 is 1.86 bits per heavy atom. The summed E-state index contributed by atoms with van der Waals surface area (Å²) in [5, 5.41) is 6.68. The van der Waals surface area contributed by atoms with Crippen LogP contribution in [0.2, 0.25) is 0 Å². The predicted molar refractivity (Wildman–Crippen MR) is 139 cm³/mol. The molecule has 4 aromatic rings. The number of halogens is 6. The number of alkyl halides is 3. The maximum absolute atomic E-state index is 14.9. The van der Waals surface area contributed by atoms with Gasteiger partial charge < -0.3 is 24.9 Å². The van der Waals surface area contributed by atoms with Crippen LogP contribution in [0.15, 0.2) is 51.6 Å². The highest BCUT2D eigenvalue weighted by Gasteiger charge is 2.31. The number of alkyl carbamates (subject to hydrolysis) is 1. The molecule has 0 aliphatic rings. The number of rotatable bonds is 9. The summed E-state index contributed by atoms with van der Waals surface area (Å²) < 4.78 is 85.8. The minimum absolute atomic E-state index is 0.0284. The van der Waals surface area contributed by atoms with Crippen LogP contribution in [0.4, 0.5) is 26.7 Å². The summed E-state index contributed by atoms with van der Waals surface area (Å²) in [5.41, 5.74) is 4.81. The Kier molecular flexibility index (Phi) is 8.84. The molecule has 3 N–H and O–H groups in total. The molecule has 1 atom stereocenters. The maximum atomic E-state index is 14.9. The van der Waals surface area contributed by atoms with Crippen LogP contribution in [0.1, 0.15) is 39.3 Å². The van der Waals surface area contributed by atoms with E-state index in [1.165, 1.54) is 0 Å². The first-order valence-corrected chi connectivity index (χ1v) is 12.7. The van der Waals surface area contributed by atoms with Crippen LogP contribution in [0.3, 0.4) is 0 Å². The molecule has 42 heavy (non-hydrogen) atoms. The second-order valence-electron chi connectivity index (χ2n) is 8.81. The average Bonchev–Trinajstić information content (AvgIpc) is 3.46. The van der Waals surface area contributed by atoms with E-state index in [0.717, 1.165) is 42.1 Å². The van der Waals surface area contributed by atoms with Crippen molar-refractivity contribution >= 4 is 27.9 Å². The van der Waals surface area contributed by atoms with Crippen LogP contribution in [-0.4, -0.2) is 33.4 Å². The number of aryl methyl sites for hydroxylation is 2. The zero-order chi connectivity index (χ0) is 30.8. The van der Waals surface area contributed by atoms with Crippen LogP contribution < -0.4 is 15.8 Å². The van der Waals surface area contributed by atoms with Crippen LogP contribution in [0.5, 0.6) is 5.75 Å². The van der Waals surface area contributed by atoms with Crippen molar-refractivity contribution in [2.75, 3.05) is 6.61 Å². The zero-order valence-electron chi connectivity index (χ0n) is 21.8. The third-order valence-electron chi connectivity index (χ3n) is 5.81. The predicted octanol–water partition coefficient (Wildman–Crippen LogP) is 5.59. The van der Waals surface area contributed by atoms with Gasteiger partial charge >= 0.3 is 12.3 Å². The first kappa shape index (κ1) is 30.5. The van der Waals surface area contributed by atoms with Gasteiger partial charge in [-0.2, -0.15) is 18.3 Å². The Labute approximate surface area is 242 Å². The van der Waals surface area contributed by atoms with E-state index < -0.39 is 59.4 Å². The second-order valence-corrected chi connectivity index (χ2v) is 9.53. The molecule has 0 aliphatic heterocycles. The number of hydrogen-bond donors (Lipinski definition) is 2. The van der Waals surface area contributed by atoms with E-state index in [1.807, 2.05) is 0 Å². The van der Waals surface area contributed by atoms with E-state index in [-0.39, 0.29) is 28.4 Å². The van der Waals surface area contributed by atoms with Crippen molar-refractivity contribution in [1.29, 1.82) is 0 Å². The molecule has 2 amide bonds. The first-order chi connectivity index (χ1) is 19.7. The molecular formula is C26H21BrF5N5O5. The lowest BCUT2D eigenvalue weighted by Gasteiger charge is -2.18. The molecule has 0 radical (unpaired) electrons. The second kappa shape index (κ2) is 12.2. The van der Waals surface area contributed by atoms with Gasteiger partial charge in [0.15, 0.2) is 16.2 Å². The molecule has 222 valence electrons. The lowest BCUT2D eigenvalue weighted by molar-refractivity contribution is -0.137. The molecule has 2 aromatic carbocycles. The number of nitrogens with one attached hydrogen (secondary N) is 1. The number of oxazole rings is 1. The Bertz CT molecular complexity index is 1620. The van der Waals surface area contributed by atoms with Crippen LogP contribution >= 0.6 is 15.9 Å². The molecule has 0 bridgehead atoms. The molecule has 1 unspecified atom stereocenters. The van der Waals surface area contributed by atoms with Crippen LogP contribution in [0.25, 0.3) is 11.3 Å². The zero-order valence-corrected chi connectivity index (χ0v) is 23.3. The van der Waals surface area contributed by atoms with Crippen molar-refractivity contribution in [1.82, 2.24) is 20.1 Å². The number of benzene rings is 2. The standard InChI is InChI=1S/C26H21BrF5N5O5/c1-12-9-15(37(2)36-12)10-34-25(39)40-11-18(41-17-8-7-16(28)19(20(17)29)23(33)38)24-35-21(22(27)42-24)13-3-5-14(6-4-13)26(30,31)32/h3-9,18H,10-11H2,1-2H3,(H2,33,38)(H,34,39). The van der Waals surface area contributed by atoms with Gasteiger partial charge in [0.1, 0.15) is 23.7 Å². The van der Waals surface area contributed by atoms with Gasteiger partial charge in [-0.25, -0.2) is 18.6 Å². The first-order valence-electron chi connectivity index (χ1n) is 11.9. The number of nitrogens with two attached hydrogens (primary N) is 1. The highest BCUT2D eigenvalue weighted by molar-refractivity contribution is 9.10. The van der Waals surface area contributed by atoms with Gasteiger partial charge in [0.2, 0.25) is 12.0 Å². The molecule has 0 saturated heterocycles. The van der Waals surface area contributed by atoms with E-state index in [1.54, 1.807) is 24.7 Å². The fourth-order valence-corrected chi connectivity index (χ4v) is 4.29. The number of nitrogens with zero attached hydrogens (tertiary/aromatic N) is 3. The van der Waals surface area contributed by atoms with Crippen LogP contribution in [-0.2, 0) is 24.5 Å². The molecule has 0 aliphatic carbocycles. The van der Waals surface area contributed by atoms with E-state index in [4.69, 9.17) is 19.6 Å². The van der Waals surface area contributed by atoms with E-state index in [9.17, 15) is 31.5 Å². The molecule has 4 rings (SSSR count). The monoisotopic (exact) mass is 657 g/mol. The third-order valence-corrected chi connectivity index (χ3v) is 6.35. The fourth-order valence-electron chi connectivity index (χ4n) is 3.80. The van der Waals surface area contributed by atoms with Crippen molar-refractivity contribution in [3.8, 4) is 17.0 Å². The highest BCUT2D eigenvalue weighted by Crippen LogP contribution is 2.36.